The molecule has 2 aromatic rings. The van der Waals surface area contributed by atoms with E-state index in [1.807, 2.05) is 23.1 Å². The lowest BCUT2D eigenvalue weighted by atomic mass is 10.0. The fraction of sp³-hybridized carbons (Fsp3) is 0.444. The van der Waals surface area contributed by atoms with Gasteiger partial charge in [0.2, 0.25) is 0 Å². The average molecular weight is 343 g/mol. The zero-order valence-corrected chi connectivity index (χ0v) is 13.9. The lowest BCUT2D eigenvalue weighted by Gasteiger charge is -2.37. The number of nitrogens with one attached hydrogen (secondary N) is 1. The second-order valence-electron chi connectivity index (χ2n) is 6.26. The van der Waals surface area contributed by atoms with Gasteiger partial charge in [-0.15, -0.1) is 0 Å². The predicted molar refractivity (Wildman–Crippen MR) is 90.0 cm³/mol. The summed E-state index contributed by atoms with van der Waals surface area (Å²) in [6.45, 7) is 3.07. The number of nitrogens with zero attached hydrogens (tertiary/aromatic N) is 2. The molecule has 0 aliphatic carbocycles. The zero-order chi connectivity index (χ0) is 17.1. The fourth-order valence-electron chi connectivity index (χ4n) is 3.26. The van der Waals surface area contributed by atoms with E-state index in [9.17, 15) is 4.79 Å². The first-order valence-corrected chi connectivity index (χ1v) is 8.54. The molecule has 2 fully saturated rings. The molecule has 1 N–H and O–H groups in total. The van der Waals surface area contributed by atoms with E-state index in [2.05, 4.69) is 10.3 Å². The van der Waals surface area contributed by atoms with Gasteiger partial charge in [-0.05, 0) is 24.3 Å². The van der Waals surface area contributed by atoms with Crippen LogP contribution >= 0.6 is 0 Å². The van der Waals surface area contributed by atoms with Crippen LogP contribution in [0.4, 0.5) is 5.69 Å². The van der Waals surface area contributed by atoms with E-state index in [0.29, 0.717) is 51.4 Å². The third-order valence-corrected chi connectivity index (χ3v) is 4.65. The smallest absolute Gasteiger partial charge is 0.272 e. The van der Waals surface area contributed by atoms with Crippen LogP contribution in [-0.2, 0) is 16.0 Å². The molecule has 0 saturated carbocycles. The van der Waals surface area contributed by atoms with Gasteiger partial charge in [-0.3, -0.25) is 9.78 Å². The molecule has 132 valence electrons. The van der Waals surface area contributed by atoms with Crippen molar-refractivity contribution in [3.63, 3.8) is 0 Å². The minimum atomic E-state index is -0.476. The third kappa shape index (κ3) is 3.52. The number of carbonyl (C=O) groups is 1. The van der Waals surface area contributed by atoms with Crippen molar-refractivity contribution in [2.24, 2.45) is 0 Å². The van der Waals surface area contributed by atoms with Crippen molar-refractivity contribution in [1.29, 1.82) is 0 Å². The summed E-state index contributed by atoms with van der Waals surface area (Å²) in [5.41, 5.74) is 1.28. The third-order valence-electron chi connectivity index (χ3n) is 4.65. The standard InChI is InChI=1S/C18H21N3O4/c22-17(21-7-4-18(5-8-21)24-10-11-25-18)16-12-14(3-6-19-16)20-13-15-2-1-9-23-15/h1-3,6,9,12H,4-5,7-8,10-11,13H2,(H,19,20). The molecule has 2 saturated heterocycles. The highest BCUT2D eigenvalue weighted by Gasteiger charge is 2.41. The van der Waals surface area contributed by atoms with E-state index in [0.717, 1.165) is 11.4 Å². The van der Waals surface area contributed by atoms with Gasteiger partial charge in [-0.1, -0.05) is 0 Å². The van der Waals surface area contributed by atoms with Gasteiger partial charge >= 0.3 is 0 Å². The van der Waals surface area contributed by atoms with Gasteiger partial charge < -0.3 is 24.1 Å². The van der Waals surface area contributed by atoms with Gasteiger partial charge in [0.1, 0.15) is 11.5 Å². The number of pyridine rings is 1. The Kier molecular flexibility index (Phi) is 4.42. The van der Waals surface area contributed by atoms with Crippen LogP contribution in [0, 0.1) is 0 Å². The molecule has 2 aliphatic rings. The molecule has 2 aromatic heterocycles. The number of ether oxygens (including phenoxy) is 2. The van der Waals surface area contributed by atoms with Crippen molar-refractivity contribution in [3.05, 3.63) is 48.2 Å². The Bertz CT molecular complexity index is 716. The van der Waals surface area contributed by atoms with E-state index >= 15 is 0 Å². The summed E-state index contributed by atoms with van der Waals surface area (Å²) in [4.78, 5) is 18.8. The predicted octanol–water partition coefficient (Wildman–Crippen LogP) is 2.27. The number of rotatable bonds is 4. The first kappa shape index (κ1) is 16.1. The first-order chi connectivity index (χ1) is 12.2. The Morgan fingerprint density at radius 1 is 1.24 bits per heavy atom. The van der Waals surface area contributed by atoms with Crippen molar-refractivity contribution in [1.82, 2.24) is 9.88 Å². The molecule has 0 radical (unpaired) electrons. The van der Waals surface area contributed by atoms with Gasteiger partial charge in [-0.25, -0.2) is 0 Å². The zero-order valence-electron chi connectivity index (χ0n) is 13.9. The van der Waals surface area contributed by atoms with E-state index in [1.165, 1.54) is 0 Å². The molecule has 0 aromatic carbocycles. The molecule has 2 aliphatic heterocycles. The Morgan fingerprint density at radius 2 is 2.04 bits per heavy atom. The number of carbonyl (C=O) groups excluding carboxylic acids is 1. The maximum Gasteiger partial charge on any atom is 0.272 e. The van der Waals surface area contributed by atoms with Crippen LogP contribution in [-0.4, -0.2) is 47.9 Å². The van der Waals surface area contributed by atoms with Crippen molar-refractivity contribution < 1.29 is 18.7 Å². The summed E-state index contributed by atoms with van der Waals surface area (Å²) in [5.74, 6) is 0.300. The molecule has 1 spiro atoms. The second kappa shape index (κ2) is 6.85. The summed E-state index contributed by atoms with van der Waals surface area (Å²) >= 11 is 0. The van der Waals surface area contributed by atoms with Gasteiger partial charge in [0.15, 0.2) is 5.79 Å². The van der Waals surface area contributed by atoms with E-state index in [4.69, 9.17) is 13.9 Å². The molecule has 1 amide bonds. The van der Waals surface area contributed by atoms with Crippen LogP contribution in [0.5, 0.6) is 0 Å². The maximum atomic E-state index is 12.7. The van der Waals surface area contributed by atoms with Crippen molar-refractivity contribution >= 4 is 11.6 Å². The van der Waals surface area contributed by atoms with Crippen LogP contribution < -0.4 is 5.32 Å². The molecule has 0 unspecified atom stereocenters. The quantitative estimate of drug-likeness (QED) is 0.918. The topological polar surface area (TPSA) is 76.8 Å². The highest BCUT2D eigenvalue weighted by atomic mass is 16.7. The Balaban J connectivity index is 1.38. The molecule has 25 heavy (non-hydrogen) atoms. The molecule has 7 heteroatoms. The lowest BCUT2D eigenvalue weighted by Crippen LogP contribution is -2.47. The van der Waals surface area contributed by atoms with Crippen LogP contribution in [0.3, 0.4) is 0 Å². The Morgan fingerprint density at radius 3 is 2.76 bits per heavy atom. The first-order valence-electron chi connectivity index (χ1n) is 8.54. The number of piperidine rings is 1. The number of anilines is 1. The minimum absolute atomic E-state index is 0.0607. The summed E-state index contributed by atoms with van der Waals surface area (Å²) in [6, 6.07) is 7.36. The molecule has 4 rings (SSSR count). The molecule has 0 atom stereocenters. The minimum Gasteiger partial charge on any atom is -0.467 e. The summed E-state index contributed by atoms with van der Waals surface area (Å²) in [7, 11) is 0. The summed E-state index contributed by atoms with van der Waals surface area (Å²) in [5, 5.41) is 3.24. The molecule has 0 bridgehead atoms. The van der Waals surface area contributed by atoms with Crippen molar-refractivity contribution in [3.8, 4) is 0 Å². The highest BCUT2D eigenvalue weighted by molar-refractivity contribution is 5.93. The molecular weight excluding hydrogens is 322 g/mol. The van der Waals surface area contributed by atoms with Crippen LogP contribution in [0.2, 0.25) is 0 Å². The van der Waals surface area contributed by atoms with Crippen LogP contribution in [0.15, 0.2) is 41.1 Å². The van der Waals surface area contributed by atoms with Crippen molar-refractivity contribution in [2.75, 3.05) is 31.6 Å². The highest BCUT2D eigenvalue weighted by Crippen LogP contribution is 2.31. The van der Waals surface area contributed by atoms with Gasteiger partial charge in [0.05, 0.1) is 26.0 Å². The number of hydrogen-bond donors (Lipinski definition) is 1. The number of hydrogen-bond acceptors (Lipinski definition) is 6. The molecule has 7 nitrogen and oxygen atoms in total. The van der Waals surface area contributed by atoms with Crippen molar-refractivity contribution in [2.45, 2.75) is 25.2 Å². The van der Waals surface area contributed by atoms with Gasteiger partial charge in [0.25, 0.3) is 5.91 Å². The van der Waals surface area contributed by atoms with E-state index in [-0.39, 0.29) is 5.91 Å². The SMILES string of the molecule is O=C(c1cc(NCc2ccco2)ccn1)N1CCC2(CC1)OCCO2. The second-order valence-corrected chi connectivity index (χ2v) is 6.26. The largest absolute Gasteiger partial charge is 0.467 e. The normalized spacial score (nSPS) is 19.3. The maximum absolute atomic E-state index is 12.7. The number of amides is 1. The number of likely N-dealkylation sites (tertiary alicyclic amines) is 1. The molecular formula is C18H21N3O4. The Hall–Kier alpha value is -2.38. The van der Waals surface area contributed by atoms with E-state index < -0.39 is 5.79 Å². The average Bonchev–Trinajstić information content (AvgIpc) is 3.33. The van der Waals surface area contributed by atoms with Gasteiger partial charge in [0, 0.05) is 37.8 Å². The van der Waals surface area contributed by atoms with Crippen LogP contribution in [0.25, 0.3) is 0 Å². The van der Waals surface area contributed by atoms with Crippen LogP contribution in [0.1, 0.15) is 29.1 Å². The number of aromatic nitrogens is 1. The summed E-state index contributed by atoms with van der Waals surface area (Å²) < 4.78 is 16.7. The van der Waals surface area contributed by atoms with Gasteiger partial charge in [-0.2, -0.15) is 0 Å². The molecule has 4 heterocycles. The van der Waals surface area contributed by atoms with E-state index in [1.54, 1.807) is 18.5 Å². The fourth-order valence-corrected chi connectivity index (χ4v) is 3.26. The Labute approximate surface area is 145 Å². The lowest BCUT2D eigenvalue weighted by molar-refractivity contribution is -0.181. The number of furan rings is 1. The monoisotopic (exact) mass is 343 g/mol. The summed E-state index contributed by atoms with van der Waals surface area (Å²) in [6.07, 6.45) is 4.69.